The first-order chi connectivity index (χ1) is 9.65. The number of piperidine rings is 1. The molecule has 2 heterocycles. The number of carbonyl (C=O) groups excluding carboxylic acids is 2. The van der Waals surface area contributed by atoms with Crippen molar-refractivity contribution in [1.29, 1.82) is 0 Å². The Morgan fingerprint density at radius 1 is 1.30 bits per heavy atom. The molecule has 1 aromatic carbocycles. The van der Waals surface area contributed by atoms with E-state index in [0.717, 1.165) is 11.3 Å². The van der Waals surface area contributed by atoms with E-state index in [0.29, 0.717) is 19.4 Å². The van der Waals surface area contributed by atoms with E-state index in [-0.39, 0.29) is 29.8 Å². The van der Waals surface area contributed by atoms with Crippen LogP contribution in [0.5, 0.6) is 5.75 Å². The quantitative estimate of drug-likeness (QED) is 0.794. The van der Waals surface area contributed by atoms with Gasteiger partial charge in [-0.25, -0.2) is 0 Å². The standard InChI is InChI=1S/C15H18N2O3/c1-9-8-20-12-5-3-2-4-10(12)14(9)16-11-6-7-13(18)17-15(11)19/h2-5,9,11,14,16H,6-8H2,1H3,(H,17,18,19). The molecule has 0 radical (unpaired) electrons. The Hall–Kier alpha value is -1.88. The van der Waals surface area contributed by atoms with Crippen molar-refractivity contribution in [1.82, 2.24) is 10.6 Å². The van der Waals surface area contributed by atoms with Crippen LogP contribution in [0.15, 0.2) is 24.3 Å². The highest BCUT2D eigenvalue weighted by Crippen LogP contribution is 2.35. The van der Waals surface area contributed by atoms with Crippen molar-refractivity contribution in [3.8, 4) is 5.75 Å². The molecule has 3 atom stereocenters. The zero-order chi connectivity index (χ0) is 14.1. The summed E-state index contributed by atoms with van der Waals surface area (Å²) >= 11 is 0. The Kier molecular flexibility index (Phi) is 3.44. The van der Waals surface area contributed by atoms with E-state index in [1.165, 1.54) is 0 Å². The minimum atomic E-state index is -0.314. The second kappa shape index (κ2) is 5.25. The molecule has 106 valence electrons. The molecule has 1 fully saturated rings. The summed E-state index contributed by atoms with van der Waals surface area (Å²) < 4.78 is 5.70. The van der Waals surface area contributed by atoms with Crippen LogP contribution < -0.4 is 15.4 Å². The van der Waals surface area contributed by atoms with Gasteiger partial charge in [-0.3, -0.25) is 20.2 Å². The third-order valence-corrected chi connectivity index (χ3v) is 3.94. The van der Waals surface area contributed by atoms with Crippen molar-refractivity contribution in [2.75, 3.05) is 6.61 Å². The lowest BCUT2D eigenvalue weighted by Crippen LogP contribution is -2.53. The molecule has 0 saturated carbocycles. The molecule has 2 aliphatic rings. The smallest absolute Gasteiger partial charge is 0.243 e. The Balaban J connectivity index is 1.80. The van der Waals surface area contributed by atoms with Gasteiger partial charge in [0.05, 0.1) is 12.6 Å². The second-order valence-corrected chi connectivity index (χ2v) is 5.47. The number of ether oxygens (including phenoxy) is 1. The molecule has 3 unspecified atom stereocenters. The summed E-state index contributed by atoms with van der Waals surface area (Å²) in [5.74, 6) is 0.733. The monoisotopic (exact) mass is 274 g/mol. The molecule has 2 N–H and O–H groups in total. The molecule has 0 aliphatic carbocycles. The number of para-hydroxylation sites is 1. The Morgan fingerprint density at radius 3 is 2.90 bits per heavy atom. The lowest BCUT2D eigenvalue weighted by atomic mass is 9.90. The SMILES string of the molecule is CC1COc2ccccc2C1NC1CCC(=O)NC1=O. The van der Waals surface area contributed by atoms with Crippen molar-refractivity contribution >= 4 is 11.8 Å². The van der Waals surface area contributed by atoms with E-state index in [1.807, 2.05) is 24.3 Å². The predicted octanol–water partition coefficient (Wildman–Crippen LogP) is 1.15. The van der Waals surface area contributed by atoms with Gasteiger partial charge in [0.2, 0.25) is 11.8 Å². The summed E-state index contributed by atoms with van der Waals surface area (Å²) in [6, 6.07) is 7.64. The van der Waals surface area contributed by atoms with E-state index >= 15 is 0 Å². The molecule has 0 aromatic heterocycles. The largest absolute Gasteiger partial charge is 0.493 e. The number of imide groups is 1. The number of carbonyl (C=O) groups is 2. The highest BCUT2D eigenvalue weighted by Gasteiger charge is 2.33. The first kappa shape index (κ1) is 13.1. The molecule has 0 bridgehead atoms. The summed E-state index contributed by atoms with van der Waals surface area (Å²) in [6.07, 6.45) is 0.944. The molecule has 5 nitrogen and oxygen atoms in total. The van der Waals surface area contributed by atoms with Crippen LogP contribution in [-0.2, 0) is 9.59 Å². The van der Waals surface area contributed by atoms with Crippen molar-refractivity contribution in [2.45, 2.75) is 31.8 Å². The molecule has 5 heteroatoms. The van der Waals surface area contributed by atoms with E-state index in [2.05, 4.69) is 17.6 Å². The fourth-order valence-electron chi connectivity index (χ4n) is 2.82. The van der Waals surface area contributed by atoms with Gasteiger partial charge in [0.15, 0.2) is 0 Å². The topological polar surface area (TPSA) is 67.4 Å². The van der Waals surface area contributed by atoms with Crippen LogP contribution in [0.3, 0.4) is 0 Å². The van der Waals surface area contributed by atoms with Crippen LogP contribution in [-0.4, -0.2) is 24.5 Å². The Bertz CT molecular complexity index is 544. The molecule has 0 spiro atoms. The average molecular weight is 274 g/mol. The van der Waals surface area contributed by atoms with Gasteiger partial charge in [-0.15, -0.1) is 0 Å². The lowest BCUT2D eigenvalue weighted by molar-refractivity contribution is -0.135. The summed E-state index contributed by atoms with van der Waals surface area (Å²) in [7, 11) is 0. The fraction of sp³-hybridized carbons (Fsp3) is 0.467. The number of fused-ring (bicyclic) bond motifs is 1. The van der Waals surface area contributed by atoms with Crippen LogP contribution in [0.1, 0.15) is 31.4 Å². The molecule has 2 aliphatic heterocycles. The third-order valence-electron chi connectivity index (χ3n) is 3.94. The number of amides is 2. The maximum absolute atomic E-state index is 11.9. The fourth-order valence-corrected chi connectivity index (χ4v) is 2.82. The Labute approximate surface area is 117 Å². The summed E-state index contributed by atoms with van der Waals surface area (Å²) in [5, 5.41) is 5.78. The molecule has 2 amide bonds. The molecular formula is C15H18N2O3. The van der Waals surface area contributed by atoms with Crippen LogP contribution in [0.4, 0.5) is 0 Å². The average Bonchev–Trinajstić information content (AvgIpc) is 2.44. The number of nitrogens with one attached hydrogen (secondary N) is 2. The van der Waals surface area contributed by atoms with E-state index < -0.39 is 0 Å². The van der Waals surface area contributed by atoms with E-state index in [4.69, 9.17) is 4.74 Å². The van der Waals surface area contributed by atoms with Crippen molar-refractivity contribution < 1.29 is 14.3 Å². The lowest BCUT2D eigenvalue weighted by Gasteiger charge is -2.35. The van der Waals surface area contributed by atoms with Crippen molar-refractivity contribution in [3.05, 3.63) is 29.8 Å². The molecule has 3 rings (SSSR count). The van der Waals surface area contributed by atoms with Crippen LogP contribution in [0, 0.1) is 5.92 Å². The zero-order valence-corrected chi connectivity index (χ0v) is 11.4. The number of hydrogen-bond donors (Lipinski definition) is 2. The van der Waals surface area contributed by atoms with Gasteiger partial charge >= 0.3 is 0 Å². The van der Waals surface area contributed by atoms with Crippen LogP contribution in [0.2, 0.25) is 0 Å². The molecule has 1 aromatic rings. The first-order valence-corrected chi connectivity index (χ1v) is 6.96. The Morgan fingerprint density at radius 2 is 2.10 bits per heavy atom. The van der Waals surface area contributed by atoms with Gasteiger partial charge in [-0.05, 0) is 12.5 Å². The van der Waals surface area contributed by atoms with Gasteiger partial charge < -0.3 is 4.74 Å². The maximum atomic E-state index is 11.9. The summed E-state index contributed by atoms with van der Waals surface area (Å²) in [6.45, 7) is 2.72. The van der Waals surface area contributed by atoms with Crippen LogP contribution in [0.25, 0.3) is 0 Å². The van der Waals surface area contributed by atoms with E-state index in [1.54, 1.807) is 0 Å². The van der Waals surface area contributed by atoms with Crippen molar-refractivity contribution in [2.24, 2.45) is 5.92 Å². The van der Waals surface area contributed by atoms with Gasteiger partial charge in [-0.2, -0.15) is 0 Å². The van der Waals surface area contributed by atoms with Gasteiger partial charge in [-0.1, -0.05) is 25.1 Å². The van der Waals surface area contributed by atoms with E-state index in [9.17, 15) is 9.59 Å². The first-order valence-electron chi connectivity index (χ1n) is 6.96. The minimum absolute atomic E-state index is 0.0731. The third kappa shape index (κ3) is 2.41. The number of rotatable bonds is 2. The summed E-state index contributed by atoms with van der Waals surface area (Å²) in [5.41, 5.74) is 1.08. The second-order valence-electron chi connectivity index (χ2n) is 5.47. The molecule has 20 heavy (non-hydrogen) atoms. The number of benzene rings is 1. The highest BCUT2D eigenvalue weighted by atomic mass is 16.5. The van der Waals surface area contributed by atoms with Crippen LogP contribution >= 0.6 is 0 Å². The summed E-state index contributed by atoms with van der Waals surface area (Å²) in [4.78, 5) is 23.1. The molecular weight excluding hydrogens is 256 g/mol. The van der Waals surface area contributed by atoms with Crippen molar-refractivity contribution in [3.63, 3.8) is 0 Å². The maximum Gasteiger partial charge on any atom is 0.243 e. The predicted molar refractivity (Wildman–Crippen MR) is 73.1 cm³/mol. The van der Waals surface area contributed by atoms with Gasteiger partial charge in [0, 0.05) is 23.9 Å². The normalized spacial score (nSPS) is 29.4. The van der Waals surface area contributed by atoms with Gasteiger partial charge in [0.25, 0.3) is 0 Å². The van der Waals surface area contributed by atoms with Gasteiger partial charge in [0.1, 0.15) is 5.75 Å². The highest BCUT2D eigenvalue weighted by molar-refractivity contribution is 6.00. The zero-order valence-electron chi connectivity index (χ0n) is 11.4. The minimum Gasteiger partial charge on any atom is -0.493 e. The molecule has 1 saturated heterocycles. The number of hydrogen-bond acceptors (Lipinski definition) is 4.